The van der Waals surface area contributed by atoms with Crippen LogP contribution in [0, 0.1) is 11.6 Å². The van der Waals surface area contributed by atoms with Gasteiger partial charge in [0.1, 0.15) is 16.5 Å². The summed E-state index contributed by atoms with van der Waals surface area (Å²) in [6, 6.07) is 15.1. The van der Waals surface area contributed by atoms with Crippen molar-refractivity contribution < 1.29 is 26.7 Å². The molecular formula is C26H22ClF2N3O4S. The van der Waals surface area contributed by atoms with Gasteiger partial charge in [-0.05, 0) is 60.3 Å². The summed E-state index contributed by atoms with van der Waals surface area (Å²) < 4.78 is 59.2. The molecule has 0 aromatic heterocycles. The van der Waals surface area contributed by atoms with Crippen LogP contribution in [-0.2, 0) is 21.2 Å². The van der Waals surface area contributed by atoms with Crippen LogP contribution >= 0.6 is 11.6 Å². The number of carbonyl (C=O) groups excluding carboxylic acids is 1. The molecule has 0 radical (unpaired) electrons. The van der Waals surface area contributed by atoms with Gasteiger partial charge in [0, 0.05) is 34.8 Å². The molecule has 3 N–H and O–H groups in total. The monoisotopic (exact) mass is 545 g/mol. The largest absolute Gasteiger partial charge is 0.477 e. The molecule has 0 atom stereocenters. The number of aliphatic imine (C=N–C) groups is 1. The molecule has 0 saturated carbocycles. The summed E-state index contributed by atoms with van der Waals surface area (Å²) in [7, 11) is -4.58. The van der Waals surface area contributed by atoms with Crippen LogP contribution in [0.15, 0.2) is 94.7 Å². The number of allylic oxidation sites excluding steroid dienone is 2. The van der Waals surface area contributed by atoms with Gasteiger partial charge >= 0.3 is 0 Å². The maximum atomic E-state index is 13.9. The zero-order valence-electron chi connectivity index (χ0n) is 19.3. The van der Waals surface area contributed by atoms with Crippen LogP contribution in [0.5, 0.6) is 0 Å². The summed E-state index contributed by atoms with van der Waals surface area (Å²) in [5.74, 6) is -3.07. The van der Waals surface area contributed by atoms with Crippen molar-refractivity contribution in [1.82, 2.24) is 4.72 Å². The number of halogens is 3. The zero-order chi connectivity index (χ0) is 27.0. The number of ether oxygens (including phenoxy) is 1. The van der Waals surface area contributed by atoms with Gasteiger partial charge in [0.25, 0.3) is 15.9 Å². The van der Waals surface area contributed by atoms with Crippen molar-refractivity contribution in [3.8, 4) is 0 Å². The fraction of sp³-hybridized carbons (Fsp3) is 0.0769. The standard InChI is InChI=1S/C26H22ClF2N3O4S/c1-31-25(36-14-13-17-5-7-20(27)8-6-17)12-10-23(30)18-3-2-4-19(15-18)26(33)32-37(34,35)24-11-9-21(28)16-22(24)29/h2-12,15-16H,1,13-14,30H2,(H,32,33)/b23-10-,25-12+. The second-order valence-corrected chi connectivity index (χ2v) is 9.69. The van der Waals surface area contributed by atoms with Crippen LogP contribution in [0.1, 0.15) is 21.5 Å². The lowest BCUT2D eigenvalue weighted by Crippen LogP contribution is -2.31. The summed E-state index contributed by atoms with van der Waals surface area (Å²) in [6.45, 7) is 3.80. The first-order valence-corrected chi connectivity index (χ1v) is 12.6. The van der Waals surface area contributed by atoms with Gasteiger partial charge in [0.2, 0.25) is 5.88 Å². The molecule has 0 saturated heterocycles. The van der Waals surface area contributed by atoms with Crippen molar-refractivity contribution >= 4 is 39.9 Å². The Labute approximate surface area is 218 Å². The van der Waals surface area contributed by atoms with Gasteiger partial charge in [-0.25, -0.2) is 26.9 Å². The number of sulfonamides is 1. The fourth-order valence-electron chi connectivity index (χ4n) is 3.10. The van der Waals surface area contributed by atoms with Crippen LogP contribution < -0.4 is 10.5 Å². The average Bonchev–Trinajstić information content (AvgIpc) is 2.86. The summed E-state index contributed by atoms with van der Waals surface area (Å²) >= 11 is 5.88. The van der Waals surface area contributed by atoms with Crippen molar-refractivity contribution in [2.45, 2.75) is 11.3 Å². The topological polar surface area (TPSA) is 111 Å². The Balaban J connectivity index is 1.68. The zero-order valence-corrected chi connectivity index (χ0v) is 20.9. The van der Waals surface area contributed by atoms with Crippen LogP contribution in [0.2, 0.25) is 5.02 Å². The van der Waals surface area contributed by atoms with Gasteiger partial charge in [-0.3, -0.25) is 4.79 Å². The molecule has 1 amide bonds. The van der Waals surface area contributed by atoms with E-state index in [4.69, 9.17) is 22.1 Å². The third-order valence-corrected chi connectivity index (χ3v) is 6.60. The number of carbonyl (C=O) groups is 1. The maximum Gasteiger partial charge on any atom is 0.267 e. The van der Waals surface area contributed by atoms with E-state index in [2.05, 4.69) is 11.7 Å². The molecule has 3 rings (SSSR count). The molecule has 0 spiro atoms. The van der Waals surface area contributed by atoms with Gasteiger partial charge in [-0.1, -0.05) is 35.9 Å². The van der Waals surface area contributed by atoms with E-state index in [1.165, 1.54) is 30.4 Å². The van der Waals surface area contributed by atoms with Crippen LogP contribution in [0.25, 0.3) is 5.70 Å². The Morgan fingerprint density at radius 2 is 1.76 bits per heavy atom. The lowest BCUT2D eigenvalue weighted by molar-refractivity contribution is 0.0981. The molecule has 7 nitrogen and oxygen atoms in total. The quantitative estimate of drug-likeness (QED) is 0.215. The van der Waals surface area contributed by atoms with E-state index in [1.54, 1.807) is 22.9 Å². The number of nitrogens with zero attached hydrogens (tertiary/aromatic N) is 1. The number of rotatable bonds is 10. The Kier molecular flexibility index (Phi) is 9.15. The smallest absolute Gasteiger partial charge is 0.267 e. The Bertz CT molecular complexity index is 1470. The van der Waals surface area contributed by atoms with Crippen LogP contribution in [-0.4, -0.2) is 27.6 Å². The predicted molar refractivity (Wildman–Crippen MR) is 138 cm³/mol. The summed E-state index contributed by atoms with van der Waals surface area (Å²) in [5, 5.41) is 0.642. The minimum Gasteiger partial charge on any atom is -0.477 e. The van der Waals surface area contributed by atoms with Gasteiger partial charge in [0.05, 0.1) is 6.61 Å². The van der Waals surface area contributed by atoms with Crippen molar-refractivity contribution in [3.63, 3.8) is 0 Å². The number of benzene rings is 3. The highest BCUT2D eigenvalue weighted by Gasteiger charge is 2.23. The van der Waals surface area contributed by atoms with E-state index in [9.17, 15) is 22.0 Å². The minimum absolute atomic E-state index is 0.0507. The molecule has 37 heavy (non-hydrogen) atoms. The van der Waals surface area contributed by atoms with Crippen molar-refractivity contribution in [1.29, 1.82) is 0 Å². The molecule has 0 heterocycles. The van der Waals surface area contributed by atoms with E-state index in [0.29, 0.717) is 29.7 Å². The minimum atomic E-state index is -4.58. The number of nitrogens with two attached hydrogens (primary N) is 1. The average molecular weight is 546 g/mol. The molecule has 11 heteroatoms. The Hall–Kier alpha value is -4.02. The van der Waals surface area contributed by atoms with Crippen molar-refractivity contribution in [2.24, 2.45) is 10.7 Å². The number of hydrogen-bond donors (Lipinski definition) is 2. The highest BCUT2D eigenvalue weighted by Crippen LogP contribution is 2.17. The molecular weight excluding hydrogens is 524 g/mol. The molecule has 0 fully saturated rings. The van der Waals surface area contributed by atoms with Gasteiger partial charge in [-0.2, -0.15) is 0 Å². The molecule has 0 aliphatic carbocycles. The molecule has 3 aromatic carbocycles. The predicted octanol–water partition coefficient (Wildman–Crippen LogP) is 4.84. The second-order valence-electron chi connectivity index (χ2n) is 7.60. The van der Waals surface area contributed by atoms with Gasteiger partial charge in [-0.15, -0.1) is 0 Å². The number of amides is 1. The fourth-order valence-corrected chi connectivity index (χ4v) is 4.26. The van der Waals surface area contributed by atoms with Gasteiger partial charge < -0.3 is 10.5 Å². The first-order chi connectivity index (χ1) is 17.6. The number of nitrogens with one attached hydrogen (secondary N) is 1. The first kappa shape index (κ1) is 27.6. The van der Waals surface area contributed by atoms with Crippen molar-refractivity contribution in [2.75, 3.05) is 6.61 Å². The molecule has 0 unspecified atom stereocenters. The van der Waals surface area contributed by atoms with E-state index < -0.39 is 32.5 Å². The summed E-state index contributed by atoms with van der Waals surface area (Å²) in [5.41, 5.74) is 7.71. The molecule has 0 bridgehead atoms. The summed E-state index contributed by atoms with van der Waals surface area (Å²) in [4.78, 5) is 15.5. The third kappa shape index (κ3) is 7.73. The van der Waals surface area contributed by atoms with Crippen molar-refractivity contribution in [3.05, 3.63) is 118 Å². The Morgan fingerprint density at radius 1 is 1.05 bits per heavy atom. The van der Waals surface area contributed by atoms with E-state index in [1.807, 2.05) is 12.1 Å². The lowest BCUT2D eigenvalue weighted by Gasteiger charge is -2.09. The Morgan fingerprint density at radius 3 is 2.43 bits per heavy atom. The molecule has 3 aromatic rings. The van der Waals surface area contributed by atoms with E-state index in [-0.39, 0.29) is 17.1 Å². The van der Waals surface area contributed by atoms with E-state index >= 15 is 0 Å². The number of hydrogen-bond acceptors (Lipinski definition) is 6. The highest BCUT2D eigenvalue weighted by atomic mass is 35.5. The highest BCUT2D eigenvalue weighted by molar-refractivity contribution is 7.90. The van der Waals surface area contributed by atoms with E-state index in [0.717, 1.165) is 17.7 Å². The summed E-state index contributed by atoms with van der Waals surface area (Å²) in [6.07, 6.45) is 3.61. The first-order valence-electron chi connectivity index (χ1n) is 10.7. The normalized spacial score (nSPS) is 12.2. The SMILES string of the molecule is C=N/C(=C\C=C(/N)c1cccc(C(=O)NS(=O)(=O)c2ccc(F)cc2F)c1)OCCc1ccc(Cl)cc1. The van der Waals surface area contributed by atoms with Crippen LogP contribution in [0.3, 0.4) is 0 Å². The third-order valence-electron chi connectivity index (χ3n) is 4.98. The van der Waals surface area contributed by atoms with Crippen LogP contribution in [0.4, 0.5) is 8.78 Å². The van der Waals surface area contributed by atoms with Gasteiger partial charge in [0.15, 0.2) is 0 Å². The molecule has 192 valence electrons. The lowest BCUT2D eigenvalue weighted by atomic mass is 10.1. The maximum absolute atomic E-state index is 13.9. The second kappa shape index (κ2) is 12.3. The molecule has 0 aliphatic heterocycles. The molecule has 0 aliphatic rings.